The summed E-state index contributed by atoms with van der Waals surface area (Å²) in [5.74, 6) is -3.86. The second-order valence-electron chi connectivity index (χ2n) is 7.38. The summed E-state index contributed by atoms with van der Waals surface area (Å²) in [6.45, 7) is 0.833. The number of halogens is 2. The Bertz CT molecular complexity index is 1090. The van der Waals surface area contributed by atoms with Crippen LogP contribution in [0.4, 0.5) is 8.78 Å². The number of amides is 2. The Morgan fingerprint density at radius 3 is 2.70 bits per heavy atom. The molecule has 2 aliphatic heterocycles. The zero-order valence-electron chi connectivity index (χ0n) is 15.8. The van der Waals surface area contributed by atoms with Crippen LogP contribution in [0.2, 0.25) is 0 Å². The molecule has 2 amide bonds. The van der Waals surface area contributed by atoms with Gasteiger partial charge in [0.05, 0.1) is 5.54 Å². The number of carbonyl (C=O) groups is 2. The highest BCUT2D eigenvalue weighted by Gasteiger charge is 2.42. The van der Waals surface area contributed by atoms with Crippen LogP contribution in [0.1, 0.15) is 39.3 Å². The van der Waals surface area contributed by atoms with Crippen molar-refractivity contribution in [3.8, 4) is 5.75 Å². The number of fused-ring (bicyclic) bond motifs is 2. The number of nitrogens with one attached hydrogen (secondary N) is 2. The van der Waals surface area contributed by atoms with E-state index < -0.39 is 40.2 Å². The van der Waals surface area contributed by atoms with Gasteiger partial charge in [0.1, 0.15) is 17.2 Å². The minimum atomic E-state index is -1.00. The number of hydrogen-bond donors (Lipinski definition) is 3. The molecule has 1 spiro atoms. The molecular weight excluding hydrogens is 400 g/mol. The monoisotopic (exact) mass is 419 g/mol. The van der Waals surface area contributed by atoms with E-state index >= 15 is 0 Å². The van der Waals surface area contributed by atoms with Gasteiger partial charge in [-0.1, -0.05) is 6.07 Å². The lowest BCUT2D eigenvalue weighted by molar-refractivity contribution is 0.0139. The number of ether oxygens (including phenoxy) is 1. The van der Waals surface area contributed by atoms with Crippen molar-refractivity contribution in [3.63, 3.8) is 0 Å². The van der Waals surface area contributed by atoms with Gasteiger partial charge in [-0.2, -0.15) is 0 Å². The van der Waals surface area contributed by atoms with E-state index in [1.807, 2.05) is 0 Å². The maximum atomic E-state index is 13.8. The first kappa shape index (κ1) is 20.0. The molecule has 0 saturated carbocycles. The van der Waals surface area contributed by atoms with E-state index in [0.717, 1.165) is 6.07 Å². The molecule has 1 aromatic carbocycles. The number of nitrogens with zero attached hydrogens (tertiary/aromatic N) is 1. The SMILES string of the molecule is O=C(NCc1ccc(F)cc1F)c1cn2c(c(O)c1=O)C(=O)NCC21CCOCC1. The summed E-state index contributed by atoms with van der Waals surface area (Å²) in [6.07, 6.45) is 2.30. The molecule has 2 aliphatic rings. The Morgan fingerprint density at radius 2 is 2.00 bits per heavy atom. The van der Waals surface area contributed by atoms with Crippen LogP contribution in [0.15, 0.2) is 29.2 Å². The van der Waals surface area contributed by atoms with E-state index in [-0.39, 0.29) is 29.9 Å². The van der Waals surface area contributed by atoms with E-state index in [4.69, 9.17) is 4.74 Å². The van der Waals surface area contributed by atoms with Gasteiger partial charge in [-0.05, 0) is 18.9 Å². The van der Waals surface area contributed by atoms with E-state index in [2.05, 4.69) is 10.6 Å². The van der Waals surface area contributed by atoms with Crippen LogP contribution in [0.5, 0.6) is 5.75 Å². The van der Waals surface area contributed by atoms with Crippen molar-refractivity contribution in [1.82, 2.24) is 15.2 Å². The summed E-state index contributed by atoms with van der Waals surface area (Å²) >= 11 is 0. The average Bonchev–Trinajstić information content (AvgIpc) is 2.73. The Balaban J connectivity index is 1.69. The highest BCUT2D eigenvalue weighted by molar-refractivity contribution is 5.99. The molecule has 0 bridgehead atoms. The smallest absolute Gasteiger partial charge is 0.272 e. The number of benzene rings is 1. The van der Waals surface area contributed by atoms with Gasteiger partial charge in [0, 0.05) is 44.1 Å². The summed E-state index contributed by atoms with van der Waals surface area (Å²) in [6, 6.07) is 2.93. The normalized spacial score (nSPS) is 17.3. The fraction of sp³-hybridized carbons (Fsp3) is 0.350. The second kappa shape index (κ2) is 7.52. The molecule has 0 aliphatic carbocycles. The molecule has 1 saturated heterocycles. The maximum absolute atomic E-state index is 13.8. The van der Waals surface area contributed by atoms with Crippen LogP contribution in [0.3, 0.4) is 0 Å². The summed E-state index contributed by atoms with van der Waals surface area (Å²) in [5, 5.41) is 15.5. The van der Waals surface area contributed by atoms with Crippen LogP contribution in [-0.4, -0.2) is 41.2 Å². The highest BCUT2D eigenvalue weighted by atomic mass is 19.1. The third kappa shape index (κ3) is 3.32. The molecule has 1 fully saturated rings. The van der Waals surface area contributed by atoms with Crippen molar-refractivity contribution >= 4 is 11.8 Å². The van der Waals surface area contributed by atoms with E-state index in [1.54, 1.807) is 0 Å². The lowest BCUT2D eigenvalue weighted by Crippen LogP contribution is -2.55. The third-order valence-corrected chi connectivity index (χ3v) is 5.61. The van der Waals surface area contributed by atoms with Crippen LogP contribution >= 0.6 is 0 Å². The lowest BCUT2D eigenvalue weighted by Gasteiger charge is -2.43. The Labute approximate surface area is 169 Å². The van der Waals surface area contributed by atoms with Gasteiger partial charge >= 0.3 is 0 Å². The quantitative estimate of drug-likeness (QED) is 0.688. The van der Waals surface area contributed by atoms with Gasteiger partial charge in [-0.15, -0.1) is 0 Å². The number of rotatable bonds is 3. The molecule has 30 heavy (non-hydrogen) atoms. The van der Waals surface area contributed by atoms with Crippen LogP contribution in [0.25, 0.3) is 0 Å². The molecule has 0 radical (unpaired) electrons. The predicted molar refractivity (Wildman–Crippen MR) is 100 cm³/mol. The first-order valence-corrected chi connectivity index (χ1v) is 9.39. The van der Waals surface area contributed by atoms with Crippen LogP contribution < -0.4 is 16.1 Å². The molecule has 3 heterocycles. The summed E-state index contributed by atoms with van der Waals surface area (Å²) in [5.41, 5.74) is -2.18. The highest BCUT2D eigenvalue weighted by Crippen LogP contribution is 2.34. The van der Waals surface area contributed by atoms with Crippen molar-refractivity contribution in [2.45, 2.75) is 24.9 Å². The van der Waals surface area contributed by atoms with Crippen molar-refractivity contribution in [2.24, 2.45) is 0 Å². The van der Waals surface area contributed by atoms with Crippen LogP contribution in [-0.2, 0) is 16.8 Å². The molecule has 10 heteroatoms. The lowest BCUT2D eigenvalue weighted by atomic mass is 9.86. The zero-order valence-corrected chi connectivity index (χ0v) is 15.8. The van der Waals surface area contributed by atoms with E-state index in [9.17, 15) is 28.3 Å². The fourth-order valence-electron chi connectivity index (χ4n) is 3.87. The van der Waals surface area contributed by atoms with Crippen molar-refractivity contribution < 1.29 is 28.2 Å². The van der Waals surface area contributed by atoms with Gasteiger partial charge in [0.2, 0.25) is 5.43 Å². The van der Waals surface area contributed by atoms with Gasteiger partial charge in [-0.3, -0.25) is 14.4 Å². The van der Waals surface area contributed by atoms with Gasteiger partial charge in [0.25, 0.3) is 11.8 Å². The van der Waals surface area contributed by atoms with Gasteiger partial charge in [-0.25, -0.2) is 8.78 Å². The maximum Gasteiger partial charge on any atom is 0.272 e. The number of hydrogen-bond acceptors (Lipinski definition) is 5. The molecule has 3 N–H and O–H groups in total. The first-order chi connectivity index (χ1) is 14.3. The summed E-state index contributed by atoms with van der Waals surface area (Å²) in [4.78, 5) is 37.5. The number of carbonyl (C=O) groups excluding carboxylic acids is 2. The second-order valence-corrected chi connectivity index (χ2v) is 7.38. The molecule has 4 rings (SSSR count). The van der Waals surface area contributed by atoms with E-state index in [1.165, 1.54) is 16.8 Å². The number of pyridine rings is 1. The van der Waals surface area contributed by atoms with Gasteiger partial charge in [0.15, 0.2) is 11.4 Å². The Hall–Kier alpha value is -3.27. The minimum absolute atomic E-state index is 0.0345. The molecular formula is C20H19F2N3O5. The van der Waals surface area contributed by atoms with Crippen LogP contribution in [0, 0.1) is 11.6 Å². The Kier molecular flexibility index (Phi) is 5.02. The van der Waals surface area contributed by atoms with Crippen molar-refractivity contribution in [3.05, 3.63) is 63.1 Å². The molecule has 1 aromatic heterocycles. The summed E-state index contributed by atoms with van der Waals surface area (Å²) < 4.78 is 33.7. The Morgan fingerprint density at radius 1 is 1.27 bits per heavy atom. The fourth-order valence-corrected chi connectivity index (χ4v) is 3.87. The predicted octanol–water partition coefficient (Wildman–Crippen LogP) is 1.01. The van der Waals surface area contributed by atoms with E-state index in [0.29, 0.717) is 32.1 Å². The molecule has 0 atom stereocenters. The number of aromatic nitrogens is 1. The topological polar surface area (TPSA) is 110 Å². The van der Waals surface area contributed by atoms with Crippen molar-refractivity contribution in [1.29, 1.82) is 0 Å². The molecule has 0 unspecified atom stereocenters. The average molecular weight is 419 g/mol. The molecule has 2 aromatic rings. The number of aromatic hydroxyl groups is 1. The molecule has 158 valence electrons. The zero-order chi connectivity index (χ0) is 21.5. The summed E-state index contributed by atoms with van der Waals surface area (Å²) in [7, 11) is 0. The standard InChI is InChI=1S/C20H19F2N3O5/c21-12-2-1-11(14(22)7-12)8-23-18(28)13-9-25-15(17(27)16(13)26)19(29)24-10-20(25)3-5-30-6-4-20/h1-2,7,9,27H,3-6,8,10H2,(H,23,28)(H,24,29). The van der Waals surface area contributed by atoms with Gasteiger partial charge < -0.3 is 25.0 Å². The molecule has 8 nitrogen and oxygen atoms in total. The minimum Gasteiger partial charge on any atom is -0.503 e. The van der Waals surface area contributed by atoms with Crippen molar-refractivity contribution in [2.75, 3.05) is 19.8 Å². The first-order valence-electron chi connectivity index (χ1n) is 9.39. The third-order valence-electron chi connectivity index (χ3n) is 5.61. The largest absolute Gasteiger partial charge is 0.503 e.